The molecule has 5 aromatic carbocycles. The van der Waals surface area contributed by atoms with Crippen LogP contribution in [0.5, 0.6) is 0 Å². The average Bonchev–Trinajstić information content (AvgIpc) is 3.65. The van der Waals surface area contributed by atoms with Gasteiger partial charge in [0, 0.05) is 75.5 Å². The van der Waals surface area contributed by atoms with Crippen molar-refractivity contribution in [3.05, 3.63) is 148 Å². The molecule has 5 aromatic rings. The van der Waals surface area contributed by atoms with Crippen LogP contribution in [0.1, 0.15) is 109 Å². The Morgan fingerprint density at radius 2 is 1.59 bits per heavy atom. The predicted molar refractivity (Wildman–Crippen MR) is 283 cm³/mol. The SMILES string of the molecule is C#CCCCCN1/C(=C/C=C2\CCCC(/C=C/C3=[N+](CCCCCC(=O)O)c4ccc5c(S(=O)(=O)O)cccc5c4C3(C)C)=C2Sc2ccc(C)cc2)C(C)(C)c2cc3ccc(S(=O)(=O)O)cc3cc21. The lowest BCUT2D eigenvalue weighted by atomic mass is 9.78. The second-order valence-electron chi connectivity index (χ2n) is 19.6. The van der Waals surface area contributed by atoms with Gasteiger partial charge < -0.3 is 10.0 Å². The van der Waals surface area contributed by atoms with Crippen LogP contribution in [-0.2, 0) is 35.9 Å². The highest BCUT2D eigenvalue weighted by atomic mass is 32.2. The predicted octanol–water partition coefficient (Wildman–Crippen LogP) is 13.0. The number of rotatable bonds is 17. The highest BCUT2D eigenvalue weighted by Gasteiger charge is 2.46. The summed E-state index contributed by atoms with van der Waals surface area (Å²) in [6.45, 7) is 12.2. The van der Waals surface area contributed by atoms with Crippen LogP contribution in [0.25, 0.3) is 21.5 Å². The van der Waals surface area contributed by atoms with E-state index < -0.39 is 37.0 Å². The Morgan fingerprint density at radius 1 is 0.814 bits per heavy atom. The topological polar surface area (TPSA) is 152 Å². The van der Waals surface area contributed by atoms with Gasteiger partial charge in [0.2, 0.25) is 5.69 Å². The molecule has 0 saturated carbocycles. The van der Waals surface area contributed by atoms with Crippen LogP contribution in [0.3, 0.4) is 0 Å². The molecule has 0 saturated heterocycles. The number of allylic oxidation sites excluding steroid dienone is 7. The number of anilines is 1. The summed E-state index contributed by atoms with van der Waals surface area (Å²) in [6, 6.07) is 26.2. The van der Waals surface area contributed by atoms with Gasteiger partial charge in [0.05, 0.1) is 10.3 Å². The summed E-state index contributed by atoms with van der Waals surface area (Å²) >= 11 is 1.76. The largest absolute Gasteiger partial charge is 0.481 e. The van der Waals surface area contributed by atoms with E-state index in [-0.39, 0.29) is 16.2 Å². The molecule has 0 bridgehead atoms. The van der Waals surface area contributed by atoms with Gasteiger partial charge in [0.25, 0.3) is 20.2 Å². The Bertz CT molecular complexity index is 3350. The lowest BCUT2D eigenvalue weighted by Gasteiger charge is -2.27. The second-order valence-corrected chi connectivity index (χ2v) is 23.5. The normalized spacial score (nSPS) is 17.9. The number of thioether (sulfide) groups is 1. The molecule has 0 fully saturated rings. The average molecular weight is 998 g/mol. The van der Waals surface area contributed by atoms with Gasteiger partial charge in [-0.2, -0.15) is 21.4 Å². The van der Waals surface area contributed by atoms with E-state index in [0.29, 0.717) is 31.3 Å². The number of fused-ring (bicyclic) bond motifs is 5. The van der Waals surface area contributed by atoms with E-state index in [1.165, 1.54) is 39.8 Å². The maximum atomic E-state index is 12.6. The van der Waals surface area contributed by atoms with E-state index in [1.807, 2.05) is 18.2 Å². The first-order chi connectivity index (χ1) is 33.2. The van der Waals surface area contributed by atoms with Crippen LogP contribution in [0.15, 0.2) is 146 Å². The van der Waals surface area contributed by atoms with Crippen LogP contribution in [0, 0.1) is 19.3 Å². The molecule has 0 atom stereocenters. The monoisotopic (exact) mass is 997 g/mol. The summed E-state index contributed by atoms with van der Waals surface area (Å²) in [7, 11) is -8.89. The molecule has 0 radical (unpaired) electrons. The first-order valence-electron chi connectivity index (χ1n) is 23.9. The van der Waals surface area contributed by atoms with Crippen molar-refractivity contribution < 1.29 is 40.4 Å². The molecule has 13 heteroatoms. The van der Waals surface area contributed by atoms with Crippen molar-refractivity contribution in [3.63, 3.8) is 0 Å². The number of carboxylic acids is 1. The minimum Gasteiger partial charge on any atom is -0.481 e. The molecule has 70 heavy (non-hydrogen) atoms. The number of benzene rings is 5. The van der Waals surface area contributed by atoms with Gasteiger partial charge >= 0.3 is 5.97 Å². The smallest absolute Gasteiger partial charge is 0.303 e. The van der Waals surface area contributed by atoms with Crippen LogP contribution in [0.2, 0.25) is 0 Å². The molecule has 364 valence electrons. The van der Waals surface area contributed by atoms with Crippen LogP contribution >= 0.6 is 11.8 Å². The zero-order valence-electron chi connectivity index (χ0n) is 40.5. The number of nitrogens with zero attached hydrogens (tertiary/aromatic N) is 2. The highest BCUT2D eigenvalue weighted by Crippen LogP contribution is 2.51. The van der Waals surface area contributed by atoms with Crippen molar-refractivity contribution in [1.29, 1.82) is 0 Å². The maximum Gasteiger partial charge on any atom is 0.303 e. The number of hydrogen-bond donors (Lipinski definition) is 3. The molecule has 0 spiro atoms. The number of hydrogen-bond acceptors (Lipinski definition) is 7. The number of aliphatic carboxylic acids is 1. The van der Waals surface area contributed by atoms with Crippen molar-refractivity contribution in [3.8, 4) is 12.3 Å². The first-order valence-corrected chi connectivity index (χ1v) is 27.6. The fourth-order valence-corrected chi connectivity index (χ4v) is 12.8. The second kappa shape index (κ2) is 20.2. The lowest BCUT2D eigenvalue weighted by Crippen LogP contribution is -2.28. The molecule has 2 heterocycles. The number of aryl methyl sites for hydroxylation is 1. The summed E-state index contributed by atoms with van der Waals surface area (Å²) < 4.78 is 71.9. The first kappa shape index (κ1) is 50.6. The van der Waals surface area contributed by atoms with E-state index in [2.05, 4.69) is 105 Å². The zero-order chi connectivity index (χ0) is 50.2. The molecule has 8 rings (SSSR count). The Morgan fingerprint density at radius 3 is 2.30 bits per heavy atom. The van der Waals surface area contributed by atoms with Crippen LogP contribution in [0.4, 0.5) is 11.4 Å². The number of carbonyl (C=O) groups is 1. The number of carboxylic acid groups (broad SMARTS) is 1. The van der Waals surface area contributed by atoms with Gasteiger partial charge in [-0.25, -0.2) is 0 Å². The lowest BCUT2D eigenvalue weighted by molar-refractivity contribution is -0.438. The fraction of sp³-hybridized carbons (Fsp3) is 0.333. The number of unbranched alkanes of at least 4 members (excludes halogenated alkanes) is 4. The van der Waals surface area contributed by atoms with Gasteiger partial charge in [-0.3, -0.25) is 13.9 Å². The van der Waals surface area contributed by atoms with Crippen LogP contribution < -0.4 is 4.90 Å². The summed E-state index contributed by atoms with van der Waals surface area (Å²) in [5.41, 5.74) is 8.79. The van der Waals surface area contributed by atoms with Gasteiger partial charge in [0.1, 0.15) is 11.4 Å². The third-order valence-corrected chi connectivity index (χ3v) is 17.1. The molecule has 2 aliphatic heterocycles. The summed E-state index contributed by atoms with van der Waals surface area (Å²) in [6.07, 6.45) is 21.9. The molecule has 1 aliphatic carbocycles. The van der Waals surface area contributed by atoms with Crippen molar-refractivity contribution in [2.24, 2.45) is 0 Å². The molecule has 0 aromatic heterocycles. The van der Waals surface area contributed by atoms with Crippen molar-refractivity contribution in [1.82, 2.24) is 0 Å². The Balaban J connectivity index is 1.24. The van der Waals surface area contributed by atoms with E-state index >= 15 is 0 Å². The van der Waals surface area contributed by atoms with E-state index in [1.54, 1.807) is 30.0 Å². The van der Waals surface area contributed by atoms with E-state index in [0.717, 1.165) is 99.9 Å². The molecular formula is C57H61N2O8S3+. The Labute approximate surface area is 417 Å². The Hall–Kier alpha value is -5.75. The quantitative estimate of drug-likeness (QED) is 0.0355. The van der Waals surface area contributed by atoms with Crippen molar-refractivity contribution in [2.45, 2.75) is 124 Å². The van der Waals surface area contributed by atoms with Gasteiger partial charge in [-0.15, -0.1) is 12.3 Å². The minimum atomic E-state index is -4.49. The molecule has 0 amide bonds. The number of terminal acetylenes is 1. The third kappa shape index (κ3) is 10.3. The summed E-state index contributed by atoms with van der Waals surface area (Å²) in [5, 5.41) is 12.1. The fourth-order valence-electron chi connectivity index (χ4n) is 10.5. The van der Waals surface area contributed by atoms with Crippen LogP contribution in [-0.4, -0.2) is 60.4 Å². The van der Waals surface area contributed by atoms with Crippen molar-refractivity contribution in [2.75, 3.05) is 18.0 Å². The van der Waals surface area contributed by atoms with E-state index in [4.69, 9.17) is 6.42 Å². The third-order valence-electron chi connectivity index (χ3n) is 14.1. The standard InChI is InChI=1S/C57H60N2O8S3/c1-7-8-9-12-34-59-49-37-42-35-44(69(62,63)64)28-23-41(42)36-47(49)56(3,4)51(59)31-24-39-16-14-17-40(55(39)68-43-26-21-38(2)22-27-43)25-32-52-57(5,6)54-46-18-15-19-50(70(65,66)67)45(46)29-30-48(54)58(52)33-13-10-11-20-53(60)61/h1,15,18-19,21-32,35-37H,8-14,16-17,20,33-34H2,2-6H3,(H2-,60,61,62,63,64,65,66,67)/p+1. The molecule has 3 N–H and O–H groups in total. The minimum absolute atomic E-state index is 0.107. The van der Waals surface area contributed by atoms with Gasteiger partial charge in [-0.1, -0.05) is 73.7 Å². The van der Waals surface area contributed by atoms with E-state index in [9.17, 15) is 35.8 Å². The Kier molecular flexibility index (Phi) is 14.6. The molecular weight excluding hydrogens is 937 g/mol. The summed E-state index contributed by atoms with van der Waals surface area (Å²) in [4.78, 5) is 15.7. The summed E-state index contributed by atoms with van der Waals surface area (Å²) in [5.74, 6) is 1.96. The molecule has 10 nitrogen and oxygen atoms in total. The van der Waals surface area contributed by atoms with Gasteiger partial charge in [-0.05, 0) is 153 Å². The zero-order valence-corrected chi connectivity index (χ0v) is 42.9. The van der Waals surface area contributed by atoms with Gasteiger partial charge in [0.15, 0.2) is 5.71 Å². The molecule has 0 unspecified atom stereocenters. The van der Waals surface area contributed by atoms with Crippen molar-refractivity contribution >= 4 is 76.6 Å². The maximum absolute atomic E-state index is 12.6. The highest BCUT2D eigenvalue weighted by molar-refractivity contribution is 8.03. The molecule has 3 aliphatic rings.